The van der Waals surface area contributed by atoms with Gasteiger partial charge < -0.3 is 5.11 Å². The molecule has 2 saturated heterocycles. The number of hydrogen-bond donors (Lipinski definition) is 2. The van der Waals surface area contributed by atoms with E-state index in [4.69, 9.17) is 0 Å². The first-order valence-corrected chi connectivity index (χ1v) is 10.2. The van der Waals surface area contributed by atoms with Crippen molar-refractivity contribution in [1.29, 1.82) is 5.26 Å². The highest BCUT2D eigenvalue weighted by atomic mass is 16.4. The van der Waals surface area contributed by atoms with Crippen LogP contribution >= 0.6 is 0 Å². The van der Waals surface area contributed by atoms with Crippen LogP contribution in [0.4, 0.5) is 0 Å². The zero-order valence-corrected chi connectivity index (χ0v) is 17.3. The molecule has 0 aromatic heterocycles. The van der Waals surface area contributed by atoms with Crippen LogP contribution in [0.5, 0.6) is 0 Å². The number of rotatable bonds is 5. The molecule has 2 amide bonds. The van der Waals surface area contributed by atoms with E-state index >= 15 is 0 Å². The molecule has 2 aromatic rings. The van der Waals surface area contributed by atoms with Gasteiger partial charge in [-0.3, -0.25) is 24.6 Å². The van der Waals surface area contributed by atoms with E-state index in [1.807, 2.05) is 30.3 Å². The molecule has 7 nitrogen and oxygen atoms in total. The van der Waals surface area contributed by atoms with Gasteiger partial charge in [-0.15, -0.1) is 0 Å². The third-order valence-corrected chi connectivity index (χ3v) is 6.51. The molecular weight excluding hydrogens is 394 g/mol. The molecule has 2 N–H and O–H groups in total. The molecule has 0 radical (unpaired) electrons. The van der Waals surface area contributed by atoms with Gasteiger partial charge in [-0.1, -0.05) is 56.3 Å². The maximum absolute atomic E-state index is 13.5. The number of nitriles is 1. The Morgan fingerprint density at radius 3 is 2.48 bits per heavy atom. The summed E-state index contributed by atoms with van der Waals surface area (Å²) in [4.78, 5) is 40.7. The van der Waals surface area contributed by atoms with Crippen molar-refractivity contribution in [2.45, 2.75) is 32.0 Å². The Balaban J connectivity index is 1.82. The number of nitrogens with one attached hydrogen (secondary N) is 1. The second-order valence-electron chi connectivity index (χ2n) is 8.44. The van der Waals surface area contributed by atoms with Gasteiger partial charge >= 0.3 is 5.97 Å². The monoisotopic (exact) mass is 417 g/mol. The predicted octanol–water partition coefficient (Wildman–Crippen LogP) is 2.48. The molecule has 31 heavy (non-hydrogen) atoms. The minimum absolute atomic E-state index is 0.101. The minimum atomic E-state index is -1.59. The van der Waals surface area contributed by atoms with Gasteiger partial charge in [0.25, 0.3) is 0 Å². The van der Waals surface area contributed by atoms with E-state index in [0.717, 1.165) is 5.56 Å². The van der Waals surface area contributed by atoms with Crippen LogP contribution in [0.3, 0.4) is 0 Å². The molecule has 0 aliphatic carbocycles. The number of fused-ring (bicyclic) bond motifs is 1. The molecule has 0 saturated carbocycles. The van der Waals surface area contributed by atoms with Gasteiger partial charge in [0.2, 0.25) is 11.8 Å². The zero-order chi connectivity index (χ0) is 22.3. The molecule has 158 valence electrons. The standard InChI is InChI=1S/C24H23N3O4/c1-14(2)24(23(30)31)19-18(20(26-24)17-10-6-9-16(11-17)12-25)21(28)27(22(19)29)13-15-7-4-3-5-8-15/h3-11,14,18-20,26H,13H2,1-2H3,(H,30,31). The van der Waals surface area contributed by atoms with Crippen molar-refractivity contribution in [3.8, 4) is 6.07 Å². The zero-order valence-electron chi connectivity index (χ0n) is 17.3. The molecule has 4 unspecified atom stereocenters. The number of aliphatic carboxylic acids is 1. The van der Waals surface area contributed by atoms with Crippen LogP contribution in [0.15, 0.2) is 54.6 Å². The Kier molecular flexibility index (Phi) is 5.11. The quantitative estimate of drug-likeness (QED) is 0.723. The summed E-state index contributed by atoms with van der Waals surface area (Å²) < 4.78 is 0. The van der Waals surface area contributed by atoms with Crippen LogP contribution in [0.1, 0.15) is 36.6 Å². The van der Waals surface area contributed by atoms with Crippen LogP contribution in [0, 0.1) is 29.1 Å². The summed E-state index contributed by atoms with van der Waals surface area (Å²) in [5.74, 6) is -4.35. The normalized spacial score (nSPS) is 27.4. The lowest BCUT2D eigenvalue weighted by Gasteiger charge is -2.34. The van der Waals surface area contributed by atoms with Gasteiger partial charge in [0, 0.05) is 6.04 Å². The average molecular weight is 417 g/mol. The lowest BCUT2D eigenvalue weighted by Crippen LogP contribution is -2.59. The van der Waals surface area contributed by atoms with Crippen molar-refractivity contribution in [3.05, 3.63) is 71.3 Å². The third-order valence-electron chi connectivity index (χ3n) is 6.51. The number of carboxylic acid groups (broad SMARTS) is 1. The predicted molar refractivity (Wildman–Crippen MR) is 111 cm³/mol. The van der Waals surface area contributed by atoms with Crippen molar-refractivity contribution < 1.29 is 19.5 Å². The van der Waals surface area contributed by atoms with Gasteiger partial charge in [0.05, 0.1) is 30.0 Å². The van der Waals surface area contributed by atoms with Gasteiger partial charge in [-0.25, -0.2) is 0 Å². The maximum atomic E-state index is 13.5. The number of carbonyl (C=O) groups excluding carboxylic acids is 2. The number of amides is 2. The van der Waals surface area contributed by atoms with E-state index < -0.39 is 41.2 Å². The number of hydrogen-bond acceptors (Lipinski definition) is 5. The Bertz CT molecular complexity index is 1090. The Hall–Kier alpha value is -3.50. The summed E-state index contributed by atoms with van der Waals surface area (Å²) in [6, 6.07) is 17.3. The number of likely N-dealkylation sites (tertiary alicyclic amines) is 1. The second kappa shape index (κ2) is 7.64. The molecule has 2 aliphatic heterocycles. The fourth-order valence-electron chi connectivity index (χ4n) is 4.98. The maximum Gasteiger partial charge on any atom is 0.325 e. The molecule has 0 spiro atoms. The Labute approximate surface area is 180 Å². The van der Waals surface area contributed by atoms with Crippen LogP contribution < -0.4 is 5.32 Å². The van der Waals surface area contributed by atoms with E-state index in [1.54, 1.807) is 38.1 Å². The van der Waals surface area contributed by atoms with Gasteiger partial charge in [0.1, 0.15) is 5.54 Å². The summed E-state index contributed by atoms with van der Waals surface area (Å²) in [5, 5.41) is 22.6. The highest BCUT2D eigenvalue weighted by Crippen LogP contribution is 2.51. The molecule has 4 atom stereocenters. The number of nitrogens with zero attached hydrogens (tertiary/aromatic N) is 2. The lowest BCUT2D eigenvalue weighted by atomic mass is 9.73. The summed E-state index contributed by atoms with van der Waals surface area (Å²) in [7, 11) is 0. The highest BCUT2D eigenvalue weighted by molar-refractivity contribution is 6.09. The summed E-state index contributed by atoms with van der Waals surface area (Å²) in [6.07, 6.45) is 0. The lowest BCUT2D eigenvalue weighted by molar-refractivity contribution is -0.153. The van der Waals surface area contributed by atoms with E-state index in [9.17, 15) is 24.8 Å². The number of carboxylic acids is 1. The molecular formula is C24H23N3O4. The van der Waals surface area contributed by atoms with Crippen molar-refractivity contribution in [2.24, 2.45) is 17.8 Å². The van der Waals surface area contributed by atoms with Gasteiger partial charge in [-0.2, -0.15) is 5.26 Å². The van der Waals surface area contributed by atoms with E-state index in [-0.39, 0.29) is 12.5 Å². The fraction of sp³-hybridized carbons (Fsp3) is 0.333. The molecule has 2 fully saturated rings. The molecule has 2 aliphatic rings. The topological polar surface area (TPSA) is 110 Å². The molecule has 0 bridgehead atoms. The molecule has 2 aromatic carbocycles. The van der Waals surface area contributed by atoms with Crippen LogP contribution in [0.25, 0.3) is 0 Å². The first-order chi connectivity index (χ1) is 14.8. The van der Waals surface area contributed by atoms with E-state index in [2.05, 4.69) is 11.4 Å². The highest BCUT2D eigenvalue weighted by Gasteiger charge is 2.69. The van der Waals surface area contributed by atoms with Crippen LogP contribution in [-0.4, -0.2) is 33.3 Å². The Morgan fingerprint density at radius 2 is 1.87 bits per heavy atom. The smallest absolute Gasteiger partial charge is 0.325 e. The average Bonchev–Trinajstić information content (AvgIpc) is 3.25. The SMILES string of the molecule is CC(C)C1(C(=O)O)NC(c2cccc(C#N)c2)C2C(=O)N(Cc3ccccc3)C(=O)C21. The third kappa shape index (κ3) is 3.11. The van der Waals surface area contributed by atoms with Gasteiger partial charge in [0.15, 0.2) is 0 Å². The van der Waals surface area contributed by atoms with Crippen molar-refractivity contribution in [2.75, 3.05) is 0 Å². The van der Waals surface area contributed by atoms with Crippen LogP contribution in [0.2, 0.25) is 0 Å². The first kappa shape index (κ1) is 20.8. The van der Waals surface area contributed by atoms with E-state index in [0.29, 0.717) is 11.1 Å². The van der Waals surface area contributed by atoms with Crippen molar-refractivity contribution >= 4 is 17.8 Å². The first-order valence-electron chi connectivity index (χ1n) is 10.2. The summed E-state index contributed by atoms with van der Waals surface area (Å²) in [5.41, 5.74) is 0.244. The number of imide groups is 1. The van der Waals surface area contributed by atoms with E-state index in [1.165, 1.54) is 4.90 Å². The molecule has 7 heteroatoms. The van der Waals surface area contributed by atoms with Crippen LogP contribution in [-0.2, 0) is 20.9 Å². The summed E-state index contributed by atoms with van der Waals surface area (Å²) >= 11 is 0. The number of carbonyl (C=O) groups is 3. The largest absolute Gasteiger partial charge is 0.480 e. The second-order valence-corrected chi connectivity index (χ2v) is 8.44. The Morgan fingerprint density at radius 1 is 1.16 bits per heavy atom. The minimum Gasteiger partial charge on any atom is -0.480 e. The molecule has 2 heterocycles. The summed E-state index contributed by atoms with van der Waals surface area (Å²) in [6.45, 7) is 3.58. The van der Waals surface area contributed by atoms with Gasteiger partial charge in [-0.05, 0) is 29.2 Å². The molecule has 4 rings (SSSR count). The number of benzene rings is 2. The van der Waals surface area contributed by atoms with Crippen molar-refractivity contribution in [1.82, 2.24) is 10.2 Å². The fourth-order valence-corrected chi connectivity index (χ4v) is 4.98. The van der Waals surface area contributed by atoms with Crippen molar-refractivity contribution in [3.63, 3.8) is 0 Å².